The first-order valence-corrected chi connectivity index (χ1v) is 5.77. The van der Waals surface area contributed by atoms with Gasteiger partial charge in [-0.1, -0.05) is 0 Å². The fraction of sp³-hybridized carbons (Fsp3) is 0.417. The van der Waals surface area contributed by atoms with Gasteiger partial charge in [0, 0.05) is 13.0 Å². The van der Waals surface area contributed by atoms with Gasteiger partial charge in [-0.3, -0.25) is 4.79 Å². The second-order valence-electron chi connectivity index (χ2n) is 4.05. The summed E-state index contributed by atoms with van der Waals surface area (Å²) in [4.78, 5) is 11.4. The number of alkyl halides is 3. The van der Waals surface area contributed by atoms with E-state index in [0.717, 1.165) is 12.1 Å². The Morgan fingerprint density at radius 1 is 1.35 bits per heavy atom. The van der Waals surface area contributed by atoms with Crippen LogP contribution in [0.3, 0.4) is 0 Å². The van der Waals surface area contributed by atoms with Crippen molar-refractivity contribution in [3.05, 3.63) is 24.0 Å². The first-order valence-electron chi connectivity index (χ1n) is 5.77. The van der Waals surface area contributed by atoms with Gasteiger partial charge in [-0.2, -0.15) is 13.2 Å². The number of nitrogen functional groups attached to an aromatic ring is 1. The lowest BCUT2D eigenvalue weighted by molar-refractivity contribution is -0.138. The number of anilines is 2. The Bertz CT molecular complexity index is 463. The number of hydrogen-bond acceptors (Lipinski definition) is 3. The van der Waals surface area contributed by atoms with Gasteiger partial charge in [-0.25, -0.2) is 4.39 Å². The van der Waals surface area contributed by atoms with Crippen LogP contribution in [-0.2, 0) is 9.53 Å². The number of amides is 1. The maximum atomic E-state index is 12.8. The molecule has 3 N–H and O–H groups in total. The van der Waals surface area contributed by atoms with Gasteiger partial charge >= 0.3 is 6.18 Å². The number of hydrogen-bond donors (Lipinski definition) is 2. The van der Waals surface area contributed by atoms with Crippen LogP contribution in [0.4, 0.5) is 28.9 Å². The van der Waals surface area contributed by atoms with Crippen molar-refractivity contribution in [2.45, 2.75) is 19.0 Å². The van der Waals surface area contributed by atoms with E-state index in [-0.39, 0.29) is 24.4 Å². The second kappa shape index (κ2) is 7.09. The predicted molar refractivity (Wildman–Crippen MR) is 65.6 cm³/mol. The Balaban J connectivity index is 2.27. The number of rotatable bonds is 6. The van der Waals surface area contributed by atoms with E-state index in [1.807, 2.05) is 0 Å². The van der Waals surface area contributed by atoms with Gasteiger partial charge in [-0.15, -0.1) is 0 Å². The molecule has 0 saturated heterocycles. The summed E-state index contributed by atoms with van der Waals surface area (Å²) >= 11 is 0. The van der Waals surface area contributed by atoms with Crippen LogP contribution < -0.4 is 11.1 Å². The molecule has 0 radical (unpaired) electrons. The Morgan fingerprint density at radius 3 is 2.65 bits per heavy atom. The van der Waals surface area contributed by atoms with Gasteiger partial charge < -0.3 is 15.8 Å². The number of carbonyl (C=O) groups is 1. The highest BCUT2D eigenvalue weighted by Gasteiger charge is 2.25. The minimum Gasteiger partial charge on any atom is -0.397 e. The molecular weight excluding hydrogens is 280 g/mol. The van der Waals surface area contributed by atoms with E-state index in [2.05, 4.69) is 5.32 Å². The molecule has 0 spiro atoms. The lowest BCUT2D eigenvalue weighted by atomic mass is 10.2. The molecule has 0 aromatic heterocycles. The Hall–Kier alpha value is -1.83. The van der Waals surface area contributed by atoms with Crippen molar-refractivity contribution in [2.75, 3.05) is 24.3 Å². The molecule has 1 aromatic carbocycles. The largest absolute Gasteiger partial charge is 0.397 e. The molecular formula is C12H14F4N2O2. The Morgan fingerprint density at radius 2 is 2.05 bits per heavy atom. The number of nitrogens with two attached hydrogens (primary N) is 1. The fourth-order valence-electron chi connectivity index (χ4n) is 1.37. The van der Waals surface area contributed by atoms with Gasteiger partial charge in [0.15, 0.2) is 0 Å². The van der Waals surface area contributed by atoms with Crippen LogP contribution in [0.25, 0.3) is 0 Å². The normalized spacial score (nSPS) is 11.4. The average molecular weight is 294 g/mol. The number of benzene rings is 1. The third-order valence-electron chi connectivity index (χ3n) is 2.27. The average Bonchev–Trinajstić information content (AvgIpc) is 2.31. The first-order chi connectivity index (χ1) is 9.28. The molecule has 0 aliphatic heterocycles. The third kappa shape index (κ3) is 6.37. The molecule has 0 saturated carbocycles. The minimum absolute atomic E-state index is 0.0513. The zero-order valence-electron chi connectivity index (χ0n) is 10.5. The van der Waals surface area contributed by atoms with Crippen molar-refractivity contribution < 1.29 is 27.1 Å². The topological polar surface area (TPSA) is 64.3 Å². The van der Waals surface area contributed by atoms with Crippen molar-refractivity contribution in [1.29, 1.82) is 0 Å². The summed E-state index contributed by atoms with van der Waals surface area (Å²) in [6.07, 6.45) is -5.40. The highest BCUT2D eigenvalue weighted by molar-refractivity contribution is 5.94. The van der Waals surface area contributed by atoms with Crippen LogP contribution in [0.5, 0.6) is 0 Å². The van der Waals surface area contributed by atoms with Crippen LogP contribution in [-0.4, -0.2) is 25.3 Å². The fourth-order valence-corrected chi connectivity index (χ4v) is 1.37. The quantitative estimate of drug-likeness (QED) is 0.481. The number of carbonyl (C=O) groups excluding carboxylic acids is 1. The van der Waals surface area contributed by atoms with E-state index in [4.69, 9.17) is 10.5 Å². The second-order valence-corrected chi connectivity index (χ2v) is 4.05. The SMILES string of the molecule is Nc1cc(F)ccc1NC(=O)COCCCC(F)(F)F. The van der Waals surface area contributed by atoms with Crippen LogP contribution in [0.15, 0.2) is 18.2 Å². The molecule has 112 valence electrons. The minimum atomic E-state index is -4.23. The maximum absolute atomic E-state index is 12.8. The summed E-state index contributed by atoms with van der Waals surface area (Å²) in [6.45, 7) is -0.569. The highest BCUT2D eigenvalue weighted by atomic mass is 19.4. The van der Waals surface area contributed by atoms with Gasteiger partial charge in [0.1, 0.15) is 12.4 Å². The van der Waals surface area contributed by atoms with Crippen molar-refractivity contribution in [3.63, 3.8) is 0 Å². The van der Waals surface area contributed by atoms with E-state index in [1.165, 1.54) is 6.07 Å². The van der Waals surface area contributed by atoms with Crippen LogP contribution in [0.1, 0.15) is 12.8 Å². The van der Waals surface area contributed by atoms with E-state index in [9.17, 15) is 22.4 Å². The zero-order chi connectivity index (χ0) is 15.2. The van der Waals surface area contributed by atoms with Crippen LogP contribution in [0, 0.1) is 5.82 Å². The summed E-state index contributed by atoms with van der Waals surface area (Å²) in [5, 5.41) is 2.37. The molecule has 0 aliphatic rings. The van der Waals surface area contributed by atoms with Crippen molar-refractivity contribution in [3.8, 4) is 0 Å². The van der Waals surface area contributed by atoms with Gasteiger partial charge in [0.05, 0.1) is 11.4 Å². The number of ether oxygens (including phenoxy) is 1. The zero-order valence-corrected chi connectivity index (χ0v) is 10.5. The third-order valence-corrected chi connectivity index (χ3v) is 2.27. The van der Waals surface area contributed by atoms with Crippen molar-refractivity contribution >= 4 is 17.3 Å². The highest BCUT2D eigenvalue weighted by Crippen LogP contribution is 2.21. The molecule has 1 aromatic rings. The predicted octanol–water partition coefficient (Wildman–Crippen LogP) is 2.71. The van der Waals surface area contributed by atoms with Crippen molar-refractivity contribution in [2.24, 2.45) is 0 Å². The maximum Gasteiger partial charge on any atom is 0.389 e. The number of halogens is 4. The molecule has 4 nitrogen and oxygen atoms in total. The molecule has 1 amide bonds. The van der Waals surface area contributed by atoms with Gasteiger partial charge in [0.25, 0.3) is 0 Å². The summed E-state index contributed by atoms with van der Waals surface area (Å²) in [6, 6.07) is 3.45. The molecule has 0 unspecified atom stereocenters. The summed E-state index contributed by atoms with van der Waals surface area (Å²) in [7, 11) is 0. The van der Waals surface area contributed by atoms with E-state index >= 15 is 0 Å². The molecule has 0 heterocycles. The summed E-state index contributed by atoms with van der Waals surface area (Å²) < 4.78 is 53.0. The standard InChI is InChI=1S/C12H14F4N2O2/c13-8-2-3-10(9(17)6-8)18-11(19)7-20-5-1-4-12(14,15)16/h2-3,6H,1,4-5,7,17H2,(H,18,19). The Kier molecular flexibility index (Phi) is 5.75. The van der Waals surface area contributed by atoms with Crippen LogP contribution in [0.2, 0.25) is 0 Å². The molecule has 20 heavy (non-hydrogen) atoms. The van der Waals surface area contributed by atoms with Crippen molar-refractivity contribution in [1.82, 2.24) is 0 Å². The Labute approximate surface area is 112 Å². The molecule has 1 rings (SSSR count). The molecule has 8 heteroatoms. The summed E-state index contributed by atoms with van der Waals surface area (Å²) in [5.41, 5.74) is 5.74. The smallest absolute Gasteiger partial charge is 0.389 e. The van der Waals surface area contributed by atoms with E-state index in [0.29, 0.717) is 0 Å². The van der Waals surface area contributed by atoms with Crippen LogP contribution >= 0.6 is 0 Å². The van der Waals surface area contributed by atoms with E-state index < -0.39 is 30.9 Å². The summed E-state index contributed by atoms with van der Waals surface area (Å²) in [5.74, 6) is -1.11. The lowest BCUT2D eigenvalue weighted by Gasteiger charge is -2.09. The first kappa shape index (κ1) is 16.2. The van der Waals surface area contributed by atoms with Gasteiger partial charge in [-0.05, 0) is 24.6 Å². The molecule has 0 fully saturated rings. The molecule has 0 aliphatic carbocycles. The lowest BCUT2D eigenvalue weighted by Crippen LogP contribution is -2.20. The monoisotopic (exact) mass is 294 g/mol. The number of nitrogens with one attached hydrogen (secondary N) is 1. The van der Waals surface area contributed by atoms with E-state index in [1.54, 1.807) is 0 Å². The van der Waals surface area contributed by atoms with Gasteiger partial charge in [0.2, 0.25) is 5.91 Å². The molecule has 0 atom stereocenters. The molecule has 0 bridgehead atoms.